The third-order valence-electron chi connectivity index (χ3n) is 6.82. The molecule has 2 saturated heterocycles. The molecule has 2 aliphatic heterocycles. The van der Waals surface area contributed by atoms with Gasteiger partial charge in [0, 0.05) is 13.2 Å². The van der Waals surface area contributed by atoms with Crippen molar-refractivity contribution in [2.24, 2.45) is 0 Å². The minimum atomic E-state index is -1.75. The Morgan fingerprint density at radius 1 is 1.03 bits per heavy atom. The van der Waals surface area contributed by atoms with E-state index in [0.717, 1.165) is 64.1 Å². The number of ether oxygens (including phenoxy) is 2. The van der Waals surface area contributed by atoms with E-state index in [0.29, 0.717) is 6.79 Å². The minimum absolute atomic E-state index is 0.151. The molecule has 2 heterocycles. The number of ketones is 1. The van der Waals surface area contributed by atoms with Gasteiger partial charge in [-0.05, 0) is 31.7 Å². The maximum absolute atomic E-state index is 12.7. The van der Waals surface area contributed by atoms with Crippen LogP contribution in [0.15, 0.2) is 0 Å². The maximum atomic E-state index is 12.7. The second kappa shape index (κ2) is 15.6. The number of hydrogen-bond acceptors (Lipinski definition) is 7. The Bertz CT molecular complexity index is 567. The minimum Gasteiger partial charge on any atom is -0.355 e. The van der Waals surface area contributed by atoms with Gasteiger partial charge in [-0.2, -0.15) is 0 Å². The van der Waals surface area contributed by atoms with Gasteiger partial charge in [0.2, 0.25) is 5.78 Å². The van der Waals surface area contributed by atoms with E-state index in [1.165, 1.54) is 50.3 Å². The van der Waals surface area contributed by atoms with Crippen LogP contribution < -0.4 is 0 Å². The first kappa shape index (κ1) is 28.0. The van der Waals surface area contributed by atoms with Crippen molar-refractivity contribution < 1.29 is 23.9 Å². The summed E-state index contributed by atoms with van der Waals surface area (Å²) < 4.78 is 13.3. The fraction of sp³-hybridized carbons (Fsp3) is 0.917. The predicted molar refractivity (Wildman–Crippen MR) is 133 cm³/mol. The average molecular weight is 488 g/mol. The van der Waals surface area contributed by atoms with Gasteiger partial charge in [-0.25, -0.2) is 4.73 Å². The Labute approximate surface area is 201 Å². The highest BCUT2D eigenvalue weighted by Gasteiger charge is 2.61. The van der Waals surface area contributed by atoms with E-state index in [2.05, 4.69) is 18.6 Å². The number of nitrogens with zero attached hydrogens (tertiary/aromatic N) is 1. The van der Waals surface area contributed by atoms with E-state index in [-0.39, 0.29) is 17.0 Å². The van der Waals surface area contributed by atoms with Gasteiger partial charge in [0.15, 0.2) is 8.96 Å². The molecule has 3 atom stereocenters. The van der Waals surface area contributed by atoms with E-state index < -0.39 is 13.3 Å². The van der Waals surface area contributed by atoms with Crippen molar-refractivity contribution in [2.75, 3.05) is 27.1 Å². The predicted octanol–water partition coefficient (Wildman–Crippen LogP) is 5.18. The highest BCUT2D eigenvalue weighted by molar-refractivity contribution is 8.22. The third kappa shape index (κ3) is 8.20. The largest absolute Gasteiger partial charge is 0.355 e. The molecule has 0 saturated carbocycles. The van der Waals surface area contributed by atoms with Gasteiger partial charge >= 0.3 is 0 Å². The van der Waals surface area contributed by atoms with Crippen LogP contribution in [-0.2, 0) is 23.9 Å². The lowest BCUT2D eigenvalue weighted by Crippen LogP contribution is -2.66. The summed E-state index contributed by atoms with van der Waals surface area (Å²) in [5.74, 6) is -0.151. The van der Waals surface area contributed by atoms with Gasteiger partial charge in [-0.1, -0.05) is 83.4 Å². The molecule has 3 unspecified atom stereocenters. The first-order valence-electron chi connectivity index (χ1n) is 12.9. The van der Waals surface area contributed by atoms with Crippen LogP contribution in [0.25, 0.3) is 0 Å². The smallest absolute Gasteiger partial charge is 0.256 e. The number of hydroxylamine groups is 1. The summed E-state index contributed by atoms with van der Waals surface area (Å²) in [5, 5.41) is -0.258. The van der Waals surface area contributed by atoms with Crippen LogP contribution in [0.5, 0.6) is 0 Å². The van der Waals surface area contributed by atoms with Crippen LogP contribution in [0, 0.1) is 0 Å². The molecule has 0 radical (unpaired) electrons. The molecule has 0 aromatic heterocycles. The van der Waals surface area contributed by atoms with Crippen LogP contribution in [0.1, 0.15) is 97.3 Å². The van der Waals surface area contributed by atoms with Crippen LogP contribution in [0.2, 0.25) is 6.04 Å². The Kier molecular flexibility index (Phi) is 13.7. The van der Waals surface area contributed by atoms with Crippen molar-refractivity contribution in [3.05, 3.63) is 0 Å². The van der Waals surface area contributed by atoms with Gasteiger partial charge in [-0.3, -0.25) is 9.59 Å². The van der Waals surface area contributed by atoms with E-state index >= 15 is 0 Å². The molecule has 6 nitrogen and oxygen atoms in total. The summed E-state index contributed by atoms with van der Waals surface area (Å²) in [6, 6.07) is 0.975. The number of thioether (sulfide) groups is 1. The molecule has 0 aromatic carbocycles. The Balaban J connectivity index is 1.71. The van der Waals surface area contributed by atoms with Crippen LogP contribution >= 0.6 is 11.8 Å². The molecule has 0 bridgehead atoms. The van der Waals surface area contributed by atoms with E-state index in [4.69, 9.17) is 14.3 Å². The molecular weight excluding hydrogens is 442 g/mol. The van der Waals surface area contributed by atoms with Crippen LogP contribution in [0.4, 0.5) is 0 Å². The molecular formula is C24H45NO5SSi. The van der Waals surface area contributed by atoms with Gasteiger partial charge in [0.05, 0.1) is 17.6 Å². The molecule has 8 heteroatoms. The molecule has 0 spiro atoms. The quantitative estimate of drug-likeness (QED) is 0.129. The zero-order chi connectivity index (χ0) is 23.2. The number of unbranched alkanes of at least 4 members (excludes halogenated alkanes) is 7. The highest BCUT2D eigenvalue weighted by Crippen LogP contribution is 2.47. The lowest BCUT2D eigenvalue weighted by molar-refractivity contribution is -0.135. The fourth-order valence-corrected chi connectivity index (χ4v) is 10.9. The first-order valence-corrected chi connectivity index (χ1v) is 15.6. The second-order valence-corrected chi connectivity index (χ2v) is 14.1. The molecule has 186 valence electrons. The molecule has 0 amide bonds. The Hall–Kier alpha value is -0.253. The van der Waals surface area contributed by atoms with Gasteiger partial charge < -0.3 is 14.3 Å². The van der Waals surface area contributed by atoms with E-state index in [9.17, 15) is 9.59 Å². The number of carbonyl (C=O) groups excluding carboxylic acids is 2. The average Bonchev–Trinajstić information content (AvgIpc) is 2.79. The summed E-state index contributed by atoms with van der Waals surface area (Å²) in [6.07, 6.45) is 14.8. The molecule has 2 fully saturated rings. The number of rotatable bonds is 16. The monoisotopic (exact) mass is 487 g/mol. The Morgan fingerprint density at radius 3 is 2.41 bits per heavy atom. The van der Waals surface area contributed by atoms with Gasteiger partial charge in [0.1, 0.15) is 6.79 Å². The zero-order valence-electron chi connectivity index (χ0n) is 20.6. The third-order valence-corrected chi connectivity index (χ3v) is 12.9. The standard InChI is InChI=1S/C24H45NO5SSi/c1-4-6-8-9-10-11-12-18-29-20-30-21-14-13-19-32(25(28-3)17-15-21)24(16-7-5-2)22(26)23(27)31-24/h21,32H,4-20H2,1-3H3. The van der Waals surface area contributed by atoms with Crippen LogP contribution in [-0.4, -0.2) is 62.1 Å². The second-order valence-electron chi connectivity index (χ2n) is 9.21. The van der Waals surface area contributed by atoms with Crippen molar-refractivity contribution in [3.63, 3.8) is 0 Å². The Morgan fingerprint density at radius 2 is 1.75 bits per heavy atom. The summed E-state index contributed by atoms with van der Waals surface area (Å²) in [5.41, 5.74) is 0. The van der Waals surface area contributed by atoms with Crippen molar-refractivity contribution >= 4 is 31.6 Å². The van der Waals surface area contributed by atoms with Gasteiger partial charge in [0.25, 0.3) is 5.12 Å². The molecule has 0 aliphatic carbocycles. The fourth-order valence-electron chi connectivity index (χ4n) is 4.84. The lowest BCUT2D eigenvalue weighted by Gasteiger charge is -2.47. The topological polar surface area (TPSA) is 65.1 Å². The number of hydrogen-bond donors (Lipinski definition) is 0. The summed E-state index contributed by atoms with van der Waals surface area (Å²) >= 11 is 1.30. The van der Waals surface area contributed by atoms with Gasteiger partial charge in [-0.15, -0.1) is 0 Å². The first-order chi connectivity index (χ1) is 15.6. The summed E-state index contributed by atoms with van der Waals surface area (Å²) in [6.45, 7) is 6.27. The molecule has 2 aliphatic rings. The maximum Gasteiger partial charge on any atom is 0.256 e. The molecule has 0 N–H and O–H groups in total. The van der Waals surface area contributed by atoms with E-state index in [1.54, 1.807) is 7.11 Å². The summed E-state index contributed by atoms with van der Waals surface area (Å²) in [7, 11) is -0.0537. The molecule has 0 aromatic rings. The SMILES string of the molecule is CCCCCCCCCOCOC1CCC[SiH](C2(CCCC)SC(=O)C2=O)N(OC)CC1. The number of Topliss-reactive ketones (excluding diaryl/α,β-unsaturated/α-hetero) is 1. The lowest BCUT2D eigenvalue weighted by atomic mass is 10.1. The number of carbonyl (C=O) groups is 2. The van der Waals surface area contributed by atoms with E-state index in [1.807, 2.05) is 0 Å². The normalized spacial score (nSPS) is 27.2. The van der Waals surface area contributed by atoms with Crippen molar-refractivity contribution in [3.8, 4) is 0 Å². The molecule has 32 heavy (non-hydrogen) atoms. The highest BCUT2D eigenvalue weighted by atomic mass is 32.2. The van der Waals surface area contributed by atoms with Crippen LogP contribution in [0.3, 0.4) is 0 Å². The van der Waals surface area contributed by atoms with Crippen molar-refractivity contribution in [1.82, 2.24) is 4.73 Å². The van der Waals surface area contributed by atoms with Crippen molar-refractivity contribution in [1.29, 1.82) is 0 Å². The summed E-state index contributed by atoms with van der Waals surface area (Å²) in [4.78, 5) is 30.3. The molecule has 2 rings (SSSR count). The van der Waals surface area contributed by atoms with Crippen molar-refractivity contribution in [2.45, 2.75) is 114 Å². The zero-order valence-corrected chi connectivity index (χ0v) is 22.5.